The summed E-state index contributed by atoms with van der Waals surface area (Å²) in [5.74, 6) is 0.269. The first-order valence-corrected chi connectivity index (χ1v) is 6.01. The second kappa shape index (κ2) is 8.08. The summed E-state index contributed by atoms with van der Waals surface area (Å²) in [6.07, 6.45) is 2.30. The first kappa shape index (κ1) is 14.9. The van der Waals surface area contributed by atoms with Crippen LogP contribution in [0.4, 0.5) is 0 Å². The van der Waals surface area contributed by atoms with Crippen LogP contribution in [0, 0.1) is 5.92 Å². The fourth-order valence-corrected chi connectivity index (χ4v) is 1.04. The zero-order valence-electron chi connectivity index (χ0n) is 10.7. The first-order chi connectivity index (χ1) is 7.00. The second-order valence-corrected chi connectivity index (χ2v) is 4.65. The molecule has 0 aromatic rings. The maximum Gasteiger partial charge on any atom is 0.0766 e. The lowest BCUT2D eigenvalue weighted by molar-refractivity contribution is 0.0124. The van der Waals surface area contributed by atoms with Crippen molar-refractivity contribution in [1.82, 2.24) is 5.32 Å². The molecule has 0 saturated carbocycles. The van der Waals surface area contributed by atoms with Crippen molar-refractivity contribution in [2.75, 3.05) is 26.3 Å². The summed E-state index contributed by atoms with van der Waals surface area (Å²) in [7, 11) is 0. The summed E-state index contributed by atoms with van der Waals surface area (Å²) in [6, 6.07) is 0. The van der Waals surface area contributed by atoms with Crippen molar-refractivity contribution >= 4 is 0 Å². The number of aliphatic hydroxyl groups is 1. The molecule has 1 unspecified atom stereocenters. The van der Waals surface area contributed by atoms with Crippen molar-refractivity contribution in [3.8, 4) is 0 Å². The number of hydrogen-bond acceptors (Lipinski definition) is 3. The molecular formula is C12H27NO2. The van der Waals surface area contributed by atoms with Gasteiger partial charge in [-0.1, -0.05) is 27.2 Å². The van der Waals surface area contributed by atoms with Gasteiger partial charge in [-0.05, 0) is 19.3 Å². The first-order valence-electron chi connectivity index (χ1n) is 6.01. The number of unbranched alkanes of at least 4 members (excludes halogenated alkanes) is 1. The molecule has 0 amide bonds. The van der Waals surface area contributed by atoms with E-state index in [2.05, 4.69) is 12.2 Å². The molecule has 0 aliphatic carbocycles. The fourth-order valence-electron chi connectivity index (χ4n) is 1.04. The fraction of sp³-hybridized carbons (Fsp3) is 1.00. The summed E-state index contributed by atoms with van der Waals surface area (Å²) in [6.45, 7) is 11.1. The summed E-state index contributed by atoms with van der Waals surface area (Å²) >= 11 is 0. The highest BCUT2D eigenvalue weighted by atomic mass is 16.5. The van der Waals surface area contributed by atoms with Crippen LogP contribution in [0.5, 0.6) is 0 Å². The Balaban J connectivity index is 3.31. The van der Waals surface area contributed by atoms with Crippen LogP contribution in [-0.4, -0.2) is 37.0 Å². The van der Waals surface area contributed by atoms with Crippen LogP contribution >= 0.6 is 0 Å². The number of hydrogen-bond donors (Lipinski definition) is 2. The van der Waals surface area contributed by atoms with Crippen molar-refractivity contribution in [3.05, 3.63) is 0 Å². The van der Waals surface area contributed by atoms with Gasteiger partial charge < -0.3 is 15.2 Å². The molecule has 1 atom stereocenters. The molecule has 0 bridgehead atoms. The number of rotatable bonds is 9. The molecule has 0 fully saturated rings. The average molecular weight is 217 g/mol. The molecule has 92 valence electrons. The van der Waals surface area contributed by atoms with Gasteiger partial charge in [0, 0.05) is 19.7 Å². The van der Waals surface area contributed by atoms with Gasteiger partial charge in [0.1, 0.15) is 0 Å². The standard InChI is InChI=1S/C12H27NO2/c1-5-6-8-15-9-7-13-10-12(4,14)11(2)3/h11,13-14H,5-10H2,1-4H3. The Labute approximate surface area is 94.2 Å². The quantitative estimate of drug-likeness (QED) is 0.579. The highest BCUT2D eigenvalue weighted by Crippen LogP contribution is 2.13. The Hall–Kier alpha value is -0.120. The van der Waals surface area contributed by atoms with E-state index in [0.717, 1.165) is 26.2 Å². The predicted molar refractivity (Wildman–Crippen MR) is 64.1 cm³/mol. The summed E-state index contributed by atoms with van der Waals surface area (Å²) < 4.78 is 5.41. The van der Waals surface area contributed by atoms with Gasteiger partial charge >= 0.3 is 0 Å². The van der Waals surface area contributed by atoms with Crippen molar-refractivity contribution in [1.29, 1.82) is 0 Å². The van der Waals surface area contributed by atoms with E-state index in [0.29, 0.717) is 6.54 Å². The zero-order valence-corrected chi connectivity index (χ0v) is 10.7. The lowest BCUT2D eigenvalue weighted by Gasteiger charge is -2.27. The highest BCUT2D eigenvalue weighted by Gasteiger charge is 2.23. The molecule has 0 radical (unpaired) electrons. The third kappa shape index (κ3) is 7.77. The van der Waals surface area contributed by atoms with E-state index in [1.165, 1.54) is 6.42 Å². The summed E-state index contributed by atoms with van der Waals surface area (Å²) in [5.41, 5.74) is -0.622. The van der Waals surface area contributed by atoms with E-state index in [4.69, 9.17) is 4.74 Å². The smallest absolute Gasteiger partial charge is 0.0766 e. The van der Waals surface area contributed by atoms with Gasteiger partial charge in [0.25, 0.3) is 0 Å². The van der Waals surface area contributed by atoms with E-state index in [-0.39, 0.29) is 5.92 Å². The van der Waals surface area contributed by atoms with Crippen LogP contribution in [0.1, 0.15) is 40.5 Å². The van der Waals surface area contributed by atoms with Gasteiger partial charge in [0.2, 0.25) is 0 Å². The molecule has 0 aliphatic rings. The Morgan fingerprint density at radius 1 is 1.33 bits per heavy atom. The lowest BCUT2D eigenvalue weighted by atomic mass is 9.93. The van der Waals surface area contributed by atoms with Crippen LogP contribution in [0.2, 0.25) is 0 Å². The van der Waals surface area contributed by atoms with E-state index < -0.39 is 5.60 Å². The van der Waals surface area contributed by atoms with Gasteiger partial charge in [0.15, 0.2) is 0 Å². The van der Waals surface area contributed by atoms with Crippen molar-refractivity contribution in [3.63, 3.8) is 0 Å². The van der Waals surface area contributed by atoms with E-state index in [9.17, 15) is 5.11 Å². The molecule has 0 aliphatic heterocycles. The molecule has 0 aromatic heterocycles. The molecule has 0 spiro atoms. The van der Waals surface area contributed by atoms with E-state index >= 15 is 0 Å². The molecule has 0 heterocycles. The summed E-state index contributed by atoms with van der Waals surface area (Å²) in [4.78, 5) is 0. The maximum absolute atomic E-state index is 9.93. The molecule has 3 heteroatoms. The van der Waals surface area contributed by atoms with Crippen molar-refractivity contribution < 1.29 is 9.84 Å². The van der Waals surface area contributed by atoms with Gasteiger partial charge in [-0.15, -0.1) is 0 Å². The highest BCUT2D eigenvalue weighted by molar-refractivity contribution is 4.78. The van der Waals surface area contributed by atoms with Crippen LogP contribution in [0.15, 0.2) is 0 Å². The minimum Gasteiger partial charge on any atom is -0.389 e. The van der Waals surface area contributed by atoms with Crippen molar-refractivity contribution in [2.45, 2.75) is 46.1 Å². The van der Waals surface area contributed by atoms with Crippen LogP contribution in [-0.2, 0) is 4.74 Å². The third-order valence-corrected chi connectivity index (χ3v) is 2.79. The Morgan fingerprint density at radius 2 is 2.00 bits per heavy atom. The number of ether oxygens (including phenoxy) is 1. The van der Waals surface area contributed by atoms with E-state index in [1.54, 1.807) is 0 Å². The summed E-state index contributed by atoms with van der Waals surface area (Å²) in [5, 5.41) is 13.1. The molecule has 15 heavy (non-hydrogen) atoms. The van der Waals surface area contributed by atoms with Crippen LogP contribution < -0.4 is 5.32 Å². The van der Waals surface area contributed by atoms with Gasteiger partial charge in [0.05, 0.1) is 12.2 Å². The molecule has 2 N–H and O–H groups in total. The number of nitrogens with one attached hydrogen (secondary N) is 1. The molecular weight excluding hydrogens is 190 g/mol. The Bertz CT molecular complexity index is 147. The van der Waals surface area contributed by atoms with Crippen LogP contribution in [0.25, 0.3) is 0 Å². The molecule has 0 saturated heterocycles. The Kier molecular flexibility index (Phi) is 8.02. The zero-order chi connectivity index (χ0) is 11.7. The average Bonchev–Trinajstić information content (AvgIpc) is 2.16. The second-order valence-electron chi connectivity index (χ2n) is 4.65. The minimum atomic E-state index is -0.622. The van der Waals surface area contributed by atoms with E-state index in [1.807, 2.05) is 20.8 Å². The normalized spacial score (nSPS) is 15.6. The molecule has 0 rings (SSSR count). The van der Waals surface area contributed by atoms with Gasteiger partial charge in [-0.2, -0.15) is 0 Å². The lowest BCUT2D eigenvalue weighted by Crippen LogP contribution is -2.43. The predicted octanol–water partition coefficient (Wildman–Crippen LogP) is 1.80. The van der Waals surface area contributed by atoms with Gasteiger partial charge in [-0.3, -0.25) is 0 Å². The third-order valence-electron chi connectivity index (χ3n) is 2.79. The van der Waals surface area contributed by atoms with Gasteiger partial charge in [-0.25, -0.2) is 0 Å². The van der Waals surface area contributed by atoms with Crippen LogP contribution in [0.3, 0.4) is 0 Å². The molecule has 0 aromatic carbocycles. The monoisotopic (exact) mass is 217 g/mol. The Morgan fingerprint density at radius 3 is 2.53 bits per heavy atom. The largest absolute Gasteiger partial charge is 0.389 e. The maximum atomic E-state index is 9.93. The topological polar surface area (TPSA) is 41.5 Å². The minimum absolute atomic E-state index is 0.269. The molecule has 3 nitrogen and oxygen atoms in total. The SMILES string of the molecule is CCCCOCCNCC(C)(O)C(C)C. The van der Waals surface area contributed by atoms with Crippen molar-refractivity contribution in [2.24, 2.45) is 5.92 Å².